The molecule has 0 amide bonds. The van der Waals surface area contributed by atoms with Gasteiger partial charge in [-0.05, 0) is 25.3 Å². The van der Waals surface area contributed by atoms with Crippen molar-refractivity contribution in [1.29, 1.82) is 0 Å². The number of hydrogen-bond acceptors (Lipinski definition) is 3. The monoisotopic (exact) mass is 248 g/mol. The Morgan fingerprint density at radius 3 is 2.53 bits per heavy atom. The van der Waals surface area contributed by atoms with E-state index in [0.29, 0.717) is 11.5 Å². The average molecular weight is 248 g/mol. The lowest BCUT2D eigenvalue weighted by atomic mass is 10.1. The number of aromatic carboxylic acids is 1. The van der Waals surface area contributed by atoms with E-state index in [1.165, 1.54) is 0 Å². The summed E-state index contributed by atoms with van der Waals surface area (Å²) in [4.78, 5) is 19.2. The summed E-state index contributed by atoms with van der Waals surface area (Å²) >= 11 is 1.64. The summed E-state index contributed by atoms with van der Waals surface area (Å²) in [5, 5.41) is 9.07. The molecule has 1 aromatic carbocycles. The van der Waals surface area contributed by atoms with Crippen LogP contribution >= 0.6 is 11.8 Å². The molecule has 2 N–H and O–H groups in total. The van der Waals surface area contributed by atoms with Crippen molar-refractivity contribution in [1.82, 2.24) is 9.97 Å². The third kappa shape index (κ3) is 2.34. The lowest BCUT2D eigenvalue weighted by Crippen LogP contribution is -1.99. The van der Waals surface area contributed by atoms with E-state index in [4.69, 9.17) is 5.11 Å². The highest BCUT2D eigenvalue weighted by Gasteiger charge is 2.16. The number of imidazole rings is 1. The van der Waals surface area contributed by atoms with Crippen LogP contribution in [0.25, 0.3) is 11.3 Å². The number of thioether (sulfide) groups is 1. The van der Waals surface area contributed by atoms with Crippen LogP contribution in [0.15, 0.2) is 29.2 Å². The highest BCUT2D eigenvalue weighted by molar-refractivity contribution is 7.98. The van der Waals surface area contributed by atoms with Gasteiger partial charge in [0.2, 0.25) is 0 Å². The predicted octanol–water partition coefficient (Wildman–Crippen LogP) is 2.81. The lowest BCUT2D eigenvalue weighted by molar-refractivity contribution is 0.0692. The molecule has 2 aromatic rings. The Morgan fingerprint density at radius 1 is 1.35 bits per heavy atom. The number of aromatic amines is 1. The highest BCUT2D eigenvalue weighted by atomic mass is 32.2. The molecule has 0 aliphatic rings. The zero-order chi connectivity index (χ0) is 12.4. The standard InChI is InChI=1S/C12H12N2O2S/c1-7-13-10(11(14-7)12(15)16)8-3-5-9(17-2)6-4-8/h3-6H,1-2H3,(H,13,14)(H,15,16). The Hall–Kier alpha value is -1.75. The molecule has 1 aromatic heterocycles. The van der Waals surface area contributed by atoms with Gasteiger partial charge in [-0.25, -0.2) is 9.78 Å². The molecule has 0 unspecified atom stereocenters. The van der Waals surface area contributed by atoms with E-state index in [-0.39, 0.29) is 5.69 Å². The molecule has 0 fully saturated rings. The van der Waals surface area contributed by atoms with Crippen LogP contribution in [0.1, 0.15) is 16.3 Å². The molecule has 0 aliphatic heterocycles. The van der Waals surface area contributed by atoms with E-state index >= 15 is 0 Å². The topological polar surface area (TPSA) is 66.0 Å². The summed E-state index contributed by atoms with van der Waals surface area (Å²) in [6.07, 6.45) is 2.00. The maximum Gasteiger partial charge on any atom is 0.354 e. The van der Waals surface area contributed by atoms with E-state index < -0.39 is 5.97 Å². The molecule has 0 atom stereocenters. The summed E-state index contributed by atoms with van der Waals surface area (Å²) in [5.74, 6) is -0.388. The summed E-state index contributed by atoms with van der Waals surface area (Å²) in [7, 11) is 0. The van der Waals surface area contributed by atoms with Crippen LogP contribution in [0, 0.1) is 6.92 Å². The van der Waals surface area contributed by atoms with Crippen molar-refractivity contribution in [2.45, 2.75) is 11.8 Å². The first-order valence-corrected chi connectivity index (χ1v) is 6.28. The van der Waals surface area contributed by atoms with Crippen molar-refractivity contribution in [2.75, 3.05) is 6.26 Å². The van der Waals surface area contributed by atoms with Gasteiger partial charge in [-0.2, -0.15) is 0 Å². The first-order valence-electron chi connectivity index (χ1n) is 5.06. The molecule has 0 bridgehead atoms. The van der Waals surface area contributed by atoms with Crippen molar-refractivity contribution >= 4 is 17.7 Å². The minimum Gasteiger partial charge on any atom is -0.477 e. The van der Waals surface area contributed by atoms with Crippen LogP contribution in [-0.2, 0) is 0 Å². The summed E-state index contributed by atoms with van der Waals surface area (Å²) in [6.45, 7) is 1.74. The number of nitrogens with one attached hydrogen (secondary N) is 1. The largest absolute Gasteiger partial charge is 0.477 e. The van der Waals surface area contributed by atoms with Crippen molar-refractivity contribution in [3.8, 4) is 11.3 Å². The summed E-state index contributed by atoms with van der Waals surface area (Å²) in [6, 6.07) is 7.67. The fourth-order valence-corrected chi connectivity index (χ4v) is 2.01. The SMILES string of the molecule is CSc1ccc(-c2nc(C)[nH]c2C(=O)O)cc1. The van der Waals surface area contributed by atoms with Gasteiger partial charge in [0.15, 0.2) is 5.69 Å². The molecule has 0 aliphatic carbocycles. The van der Waals surface area contributed by atoms with Gasteiger partial charge in [0.05, 0.1) is 0 Å². The van der Waals surface area contributed by atoms with Gasteiger partial charge in [0.1, 0.15) is 11.5 Å². The van der Waals surface area contributed by atoms with Gasteiger partial charge >= 0.3 is 5.97 Å². The number of rotatable bonds is 3. The fourth-order valence-electron chi connectivity index (χ4n) is 1.60. The van der Waals surface area contributed by atoms with Crippen molar-refractivity contribution in [3.05, 3.63) is 35.8 Å². The highest BCUT2D eigenvalue weighted by Crippen LogP contribution is 2.24. The Kier molecular flexibility index (Phi) is 3.19. The number of benzene rings is 1. The number of aromatic nitrogens is 2. The van der Waals surface area contributed by atoms with Crippen LogP contribution < -0.4 is 0 Å². The van der Waals surface area contributed by atoms with E-state index in [0.717, 1.165) is 10.5 Å². The first kappa shape index (κ1) is 11.7. The van der Waals surface area contributed by atoms with Crippen molar-refractivity contribution in [2.24, 2.45) is 0 Å². The van der Waals surface area contributed by atoms with Gasteiger partial charge in [0, 0.05) is 10.5 Å². The minimum absolute atomic E-state index is 0.138. The Bertz CT molecular complexity index is 546. The van der Waals surface area contributed by atoms with E-state index in [9.17, 15) is 4.79 Å². The normalized spacial score (nSPS) is 10.5. The van der Waals surface area contributed by atoms with Crippen LogP contribution in [-0.4, -0.2) is 27.3 Å². The quantitative estimate of drug-likeness (QED) is 0.820. The zero-order valence-corrected chi connectivity index (χ0v) is 10.3. The van der Waals surface area contributed by atoms with Crippen molar-refractivity contribution in [3.63, 3.8) is 0 Å². The smallest absolute Gasteiger partial charge is 0.354 e. The van der Waals surface area contributed by atoms with Crippen molar-refractivity contribution < 1.29 is 9.90 Å². The van der Waals surface area contributed by atoms with Gasteiger partial charge in [-0.3, -0.25) is 0 Å². The molecule has 1 heterocycles. The number of H-pyrrole nitrogens is 1. The summed E-state index contributed by atoms with van der Waals surface area (Å²) in [5.41, 5.74) is 1.44. The number of carboxylic acid groups (broad SMARTS) is 1. The van der Waals surface area contributed by atoms with E-state index in [1.807, 2.05) is 30.5 Å². The van der Waals surface area contributed by atoms with Gasteiger partial charge in [0.25, 0.3) is 0 Å². The molecule has 88 valence electrons. The predicted molar refractivity (Wildman–Crippen MR) is 67.5 cm³/mol. The second-order valence-electron chi connectivity index (χ2n) is 3.58. The number of hydrogen-bond donors (Lipinski definition) is 2. The zero-order valence-electron chi connectivity index (χ0n) is 9.52. The molecule has 0 radical (unpaired) electrons. The summed E-state index contributed by atoms with van der Waals surface area (Å²) < 4.78 is 0. The van der Waals surface area contributed by atoms with Crippen LogP contribution in [0.4, 0.5) is 0 Å². The molecule has 2 rings (SSSR count). The molecule has 4 nitrogen and oxygen atoms in total. The average Bonchev–Trinajstić information content (AvgIpc) is 2.72. The van der Waals surface area contributed by atoms with Gasteiger partial charge in [-0.1, -0.05) is 12.1 Å². The Morgan fingerprint density at radius 2 is 2.00 bits per heavy atom. The second-order valence-corrected chi connectivity index (χ2v) is 4.46. The van der Waals surface area contributed by atoms with E-state index in [2.05, 4.69) is 9.97 Å². The molecular formula is C12H12N2O2S. The molecule has 0 saturated carbocycles. The molecule has 17 heavy (non-hydrogen) atoms. The maximum absolute atomic E-state index is 11.1. The third-order valence-electron chi connectivity index (χ3n) is 2.40. The number of aryl methyl sites for hydroxylation is 1. The Labute approximate surface area is 103 Å². The third-order valence-corrected chi connectivity index (χ3v) is 3.14. The van der Waals surface area contributed by atoms with Gasteiger partial charge in [-0.15, -0.1) is 11.8 Å². The first-order chi connectivity index (χ1) is 8.11. The fraction of sp³-hybridized carbons (Fsp3) is 0.167. The second kappa shape index (κ2) is 4.63. The minimum atomic E-state index is -0.991. The Balaban J connectivity index is 2.48. The number of nitrogens with zero attached hydrogens (tertiary/aromatic N) is 1. The maximum atomic E-state index is 11.1. The molecular weight excluding hydrogens is 236 g/mol. The molecule has 5 heteroatoms. The van der Waals surface area contributed by atoms with Crippen LogP contribution in [0.2, 0.25) is 0 Å². The van der Waals surface area contributed by atoms with Gasteiger partial charge < -0.3 is 10.1 Å². The number of carboxylic acids is 1. The lowest BCUT2D eigenvalue weighted by Gasteiger charge is -2.00. The van der Waals surface area contributed by atoms with Crippen LogP contribution in [0.3, 0.4) is 0 Å². The molecule has 0 saturated heterocycles. The molecule has 0 spiro atoms. The number of carbonyl (C=O) groups is 1. The van der Waals surface area contributed by atoms with E-state index in [1.54, 1.807) is 18.7 Å². The van der Waals surface area contributed by atoms with Crippen LogP contribution in [0.5, 0.6) is 0 Å².